The maximum absolute atomic E-state index is 12.7. The van der Waals surface area contributed by atoms with Crippen LogP contribution in [0.2, 0.25) is 5.02 Å². The number of fused-ring (bicyclic) bond motifs is 2. The van der Waals surface area contributed by atoms with E-state index >= 15 is 0 Å². The van der Waals surface area contributed by atoms with Crippen molar-refractivity contribution in [1.29, 1.82) is 0 Å². The van der Waals surface area contributed by atoms with E-state index in [0.717, 1.165) is 39.8 Å². The summed E-state index contributed by atoms with van der Waals surface area (Å²) < 4.78 is 6.21. The molecule has 3 aromatic rings. The number of urea groups is 1. The number of nitrogens with zero attached hydrogens (tertiary/aromatic N) is 3. The van der Waals surface area contributed by atoms with Crippen LogP contribution in [0.5, 0.6) is 11.5 Å². The number of aliphatic imine (C=N–C) groups is 1. The van der Waals surface area contributed by atoms with Crippen LogP contribution in [0.25, 0.3) is 0 Å². The first-order valence-electron chi connectivity index (χ1n) is 10.6. The van der Waals surface area contributed by atoms with E-state index in [1.165, 1.54) is 0 Å². The number of para-hydroxylation sites is 1. The summed E-state index contributed by atoms with van der Waals surface area (Å²) >= 11 is 5.92. The lowest BCUT2D eigenvalue weighted by Crippen LogP contribution is -2.51. The number of benzene rings is 3. The predicted octanol–water partition coefficient (Wildman–Crippen LogP) is 5.68. The van der Waals surface area contributed by atoms with E-state index in [0.29, 0.717) is 31.2 Å². The number of carbonyl (C=O) groups is 1. The maximum Gasteiger partial charge on any atom is 0.321 e. The van der Waals surface area contributed by atoms with E-state index in [2.05, 4.69) is 10.2 Å². The number of nitrogens with one attached hydrogen (secondary N) is 1. The lowest BCUT2D eigenvalue weighted by molar-refractivity contribution is 0.181. The van der Waals surface area contributed by atoms with Gasteiger partial charge in [-0.1, -0.05) is 29.8 Å². The Morgan fingerprint density at radius 3 is 2.50 bits per heavy atom. The Kier molecular flexibility index (Phi) is 5.45. The molecule has 0 spiro atoms. The van der Waals surface area contributed by atoms with Crippen molar-refractivity contribution in [2.75, 3.05) is 31.5 Å². The molecular weight excluding hydrogens is 424 g/mol. The van der Waals surface area contributed by atoms with Crippen LogP contribution in [0.3, 0.4) is 0 Å². The van der Waals surface area contributed by atoms with Crippen LogP contribution in [0, 0.1) is 6.92 Å². The summed E-state index contributed by atoms with van der Waals surface area (Å²) in [6.07, 6.45) is 0. The van der Waals surface area contributed by atoms with Gasteiger partial charge in [-0.15, -0.1) is 0 Å². The molecule has 2 aliphatic heterocycles. The second kappa shape index (κ2) is 8.55. The Bertz CT molecular complexity index is 1180. The summed E-state index contributed by atoms with van der Waals surface area (Å²) in [4.78, 5) is 21.7. The third kappa shape index (κ3) is 4.14. The van der Waals surface area contributed by atoms with Crippen molar-refractivity contribution in [3.63, 3.8) is 0 Å². The van der Waals surface area contributed by atoms with E-state index < -0.39 is 0 Å². The molecule has 2 aliphatic rings. The molecule has 2 amide bonds. The molecule has 6 nitrogen and oxygen atoms in total. The van der Waals surface area contributed by atoms with E-state index in [1.807, 2.05) is 54.3 Å². The van der Waals surface area contributed by atoms with Gasteiger partial charge in [-0.25, -0.2) is 9.79 Å². The number of aryl methyl sites for hydroxylation is 1. The third-order valence-electron chi connectivity index (χ3n) is 5.65. The molecule has 1 fully saturated rings. The Morgan fingerprint density at radius 1 is 0.969 bits per heavy atom. The van der Waals surface area contributed by atoms with Crippen LogP contribution in [-0.2, 0) is 0 Å². The summed E-state index contributed by atoms with van der Waals surface area (Å²) in [5.74, 6) is 2.42. The first-order chi connectivity index (χ1) is 15.6. The number of hydrogen-bond acceptors (Lipinski definition) is 4. The molecule has 0 atom stereocenters. The fourth-order valence-corrected chi connectivity index (χ4v) is 4.05. The molecule has 0 aliphatic carbocycles. The van der Waals surface area contributed by atoms with Crippen LogP contribution in [0.15, 0.2) is 71.7 Å². The quantitative estimate of drug-likeness (QED) is 0.523. The molecule has 32 heavy (non-hydrogen) atoms. The molecule has 0 unspecified atom stereocenters. The van der Waals surface area contributed by atoms with Gasteiger partial charge in [-0.05, 0) is 61.0 Å². The molecule has 7 heteroatoms. The van der Waals surface area contributed by atoms with Crippen molar-refractivity contribution in [3.05, 3.63) is 82.9 Å². The van der Waals surface area contributed by atoms with E-state index in [9.17, 15) is 4.79 Å². The van der Waals surface area contributed by atoms with Crippen LogP contribution >= 0.6 is 11.6 Å². The summed E-state index contributed by atoms with van der Waals surface area (Å²) in [7, 11) is 0. The van der Waals surface area contributed by atoms with Gasteiger partial charge in [0.1, 0.15) is 17.3 Å². The number of ether oxygens (including phenoxy) is 1. The number of hydrogen-bond donors (Lipinski definition) is 1. The second-order valence-electron chi connectivity index (χ2n) is 7.92. The fourth-order valence-electron chi connectivity index (χ4n) is 3.93. The van der Waals surface area contributed by atoms with Gasteiger partial charge in [-0.2, -0.15) is 0 Å². The molecule has 3 aromatic carbocycles. The molecular formula is C25H23ClN4O2. The number of carbonyl (C=O) groups excluding carboxylic acids is 1. The standard InChI is InChI=1S/C25H23ClN4O2/c1-17-6-11-21-23(16-17)32-22-5-3-2-4-20(22)24(28-21)29-12-14-30(15-13-29)25(31)27-19-9-7-18(26)8-10-19/h2-11,16H,12-15H2,1H3,(H,27,31). The molecule has 0 radical (unpaired) electrons. The van der Waals surface area contributed by atoms with Gasteiger partial charge in [-0.3, -0.25) is 0 Å². The topological polar surface area (TPSA) is 57.2 Å². The van der Waals surface area contributed by atoms with E-state index in [1.54, 1.807) is 24.3 Å². The predicted molar refractivity (Wildman–Crippen MR) is 128 cm³/mol. The monoisotopic (exact) mass is 446 g/mol. The summed E-state index contributed by atoms with van der Waals surface area (Å²) in [6.45, 7) is 4.61. The fraction of sp³-hybridized carbons (Fsp3) is 0.200. The number of halogens is 1. The zero-order valence-electron chi connectivity index (χ0n) is 17.7. The summed E-state index contributed by atoms with van der Waals surface area (Å²) in [5, 5.41) is 3.58. The highest BCUT2D eigenvalue weighted by Gasteiger charge is 2.27. The Hall–Kier alpha value is -3.51. The van der Waals surface area contributed by atoms with E-state index in [4.69, 9.17) is 21.3 Å². The minimum absolute atomic E-state index is 0.112. The molecule has 0 aromatic heterocycles. The van der Waals surface area contributed by atoms with Crippen molar-refractivity contribution < 1.29 is 9.53 Å². The Labute approximate surface area is 192 Å². The molecule has 2 heterocycles. The smallest absolute Gasteiger partial charge is 0.321 e. The Morgan fingerprint density at radius 2 is 1.72 bits per heavy atom. The summed E-state index contributed by atoms with van der Waals surface area (Å²) in [5.41, 5.74) is 3.62. The third-order valence-corrected chi connectivity index (χ3v) is 5.90. The number of amides is 2. The van der Waals surface area contributed by atoms with Crippen molar-refractivity contribution in [3.8, 4) is 11.5 Å². The SMILES string of the molecule is Cc1ccc2c(c1)Oc1ccccc1C(N1CCN(C(=O)Nc3ccc(Cl)cc3)CC1)=N2. The number of anilines is 1. The van der Waals surface area contributed by atoms with Crippen molar-refractivity contribution in [1.82, 2.24) is 9.80 Å². The van der Waals surface area contributed by atoms with E-state index in [-0.39, 0.29) is 6.03 Å². The van der Waals surface area contributed by atoms with Crippen LogP contribution in [0.4, 0.5) is 16.2 Å². The minimum atomic E-state index is -0.112. The highest BCUT2D eigenvalue weighted by molar-refractivity contribution is 6.30. The Balaban J connectivity index is 1.34. The normalized spacial score (nSPS) is 15.1. The van der Waals surface area contributed by atoms with Gasteiger partial charge >= 0.3 is 6.03 Å². The summed E-state index contributed by atoms with van der Waals surface area (Å²) in [6, 6.07) is 21.0. The number of amidine groups is 1. The second-order valence-corrected chi connectivity index (χ2v) is 8.35. The molecule has 0 saturated carbocycles. The van der Waals surface area contributed by atoms with Gasteiger partial charge in [0.05, 0.1) is 5.56 Å². The first-order valence-corrected chi connectivity index (χ1v) is 11.0. The van der Waals surface area contributed by atoms with Crippen LogP contribution in [0.1, 0.15) is 11.1 Å². The van der Waals surface area contributed by atoms with Crippen molar-refractivity contribution in [2.24, 2.45) is 4.99 Å². The van der Waals surface area contributed by atoms with Gasteiger partial charge in [0.15, 0.2) is 5.75 Å². The number of rotatable bonds is 1. The van der Waals surface area contributed by atoms with Crippen molar-refractivity contribution >= 4 is 34.8 Å². The van der Waals surface area contributed by atoms with Gasteiger partial charge < -0.3 is 19.9 Å². The molecule has 5 rings (SSSR count). The highest BCUT2D eigenvalue weighted by Crippen LogP contribution is 2.38. The largest absolute Gasteiger partial charge is 0.454 e. The van der Waals surface area contributed by atoms with Gasteiger partial charge in [0.25, 0.3) is 0 Å². The average Bonchev–Trinajstić information content (AvgIpc) is 2.97. The zero-order chi connectivity index (χ0) is 22.1. The van der Waals surface area contributed by atoms with Gasteiger partial charge in [0, 0.05) is 36.9 Å². The minimum Gasteiger partial charge on any atom is -0.454 e. The molecule has 1 saturated heterocycles. The zero-order valence-corrected chi connectivity index (χ0v) is 18.5. The maximum atomic E-state index is 12.7. The number of piperazine rings is 1. The van der Waals surface area contributed by atoms with Crippen molar-refractivity contribution in [2.45, 2.75) is 6.92 Å². The van der Waals surface area contributed by atoms with Gasteiger partial charge in [0.2, 0.25) is 0 Å². The van der Waals surface area contributed by atoms with Crippen LogP contribution in [-0.4, -0.2) is 47.8 Å². The van der Waals surface area contributed by atoms with Crippen LogP contribution < -0.4 is 10.1 Å². The molecule has 1 N–H and O–H groups in total. The molecule has 0 bridgehead atoms. The first kappa shape index (κ1) is 20.4. The lowest BCUT2D eigenvalue weighted by Gasteiger charge is -2.36. The highest BCUT2D eigenvalue weighted by atomic mass is 35.5. The lowest BCUT2D eigenvalue weighted by atomic mass is 10.1. The average molecular weight is 447 g/mol. The molecule has 162 valence electrons.